The van der Waals surface area contributed by atoms with E-state index in [2.05, 4.69) is 0 Å². The second-order valence-electron chi connectivity index (χ2n) is 3.41. The summed E-state index contributed by atoms with van der Waals surface area (Å²) in [4.78, 5) is 22.3. The summed E-state index contributed by atoms with van der Waals surface area (Å²) in [6, 6.07) is 0. The second-order valence-corrected chi connectivity index (χ2v) is 4.52. The molecule has 0 N–H and O–H groups in total. The fraction of sp³-hybridized carbons (Fsp3) is 0.600. The molecule has 1 atom stereocenters. The summed E-state index contributed by atoms with van der Waals surface area (Å²) in [7, 11) is 0. The van der Waals surface area contributed by atoms with E-state index in [1.165, 1.54) is 11.8 Å². The van der Waals surface area contributed by atoms with E-state index in [0.717, 1.165) is 0 Å². The number of hydrogen-bond donors (Lipinski definition) is 0. The van der Waals surface area contributed by atoms with Gasteiger partial charge < -0.3 is 4.74 Å². The Morgan fingerprint density at radius 1 is 1.64 bits per heavy atom. The molecular weight excluding hydrogens is 200 g/mol. The molecule has 1 unspecified atom stereocenters. The third kappa shape index (κ3) is 3.54. The quantitative estimate of drug-likeness (QED) is 0.670. The third-order valence-electron chi connectivity index (χ3n) is 1.77. The molecule has 0 fully saturated rings. The van der Waals surface area contributed by atoms with Crippen LogP contribution in [0.2, 0.25) is 0 Å². The molecule has 0 aliphatic carbocycles. The molecule has 0 saturated carbocycles. The fourth-order valence-corrected chi connectivity index (χ4v) is 2.03. The van der Waals surface area contributed by atoms with Gasteiger partial charge in [-0.15, -0.1) is 11.8 Å². The molecule has 1 aliphatic heterocycles. The highest BCUT2D eigenvalue weighted by Gasteiger charge is 2.21. The molecule has 0 spiro atoms. The van der Waals surface area contributed by atoms with Crippen molar-refractivity contribution in [1.82, 2.24) is 0 Å². The lowest BCUT2D eigenvalue weighted by molar-refractivity contribution is -0.147. The zero-order chi connectivity index (χ0) is 10.6. The Kier molecular flexibility index (Phi) is 4.20. The van der Waals surface area contributed by atoms with Gasteiger partial charge in [-0.25, -0.2) is 0 Å². The van der Waals surface area contributed by atoms with Crippen LogP contribution in [0.4, 0.5) is 0 Å². The number of rotatable bonds is 4. The molecule has 1 rings (SSSR count). The predicted octanol–water partition coefficient (Wildman–Crippen LogP) is 1.92. The molecule has 0 bridgehead atoms. The summed E-state index contributed by atoms with van der Waals surface area (Å²) >= 11 is 1.47. The molecule has 0 radical (unpaired) electrons. The van der Waals surface area contributed by atoms with Crippen LogP contribution >= 0.6 is 11.8 Å². The van der Waals surface area contributed by atoms with Crippen LogP contribution in [0.3, 0.4) is 0 Å². The second kappa shape index (κ2) is 5.20. The normalized spacial score (nSPS) is 20.5. The summed E-state index contributed by atoms with van der Waals surface area (Å²) < 4.78 is 4.97. The van der Waals surface area contributed by atoms with Gasteiger partial charge in [-0.1, -0.05) is 0 Å². The highest BCUT2D eigenvalue weighted by Crippen LogP contribution is 2.25. The van der Waals surface area contributed by atoms with Crippen molar-refractivity contribution in [2.24, 2.45) is 0 Å². The zero-order valence-electron chi connectivity index (χ0n) is 8.36. The largest absolute Gasteiger partial charge is 0.463 e. The van der Waals surface area contributed by atoms with Crippen LogP contribution in [-0.4, -0.2) is 23.1 Å². The van der Waals surface area contributed by atoms with Crippen LogP contribution in [0.1, 0.15) is 26.7 Å². The minimum atomic E-state index is -0.222. The number of ether oxygens (including phenoxy) is 1. The Morgan fingerprint density at radius 3 is 2.86 bits per heavy atom. The smallest absolute Gasteiger partial charge is 0.306 e. The van der Waals surface area contributed by atoms with E-state index in [9.17, 15) is 9.59 Å². The first kappa shape index (κ1) is 11.3. The maximum atomic E-state index is 11.2. The molecular formula is C10H14O3S. The van der Waals surface area contributed by atoms with E-state index in [1.54, 1.807) is 11.5 Å². The number of carbonyl (C=O) groups excluding carboxylic acids is 2. The Hall–Kier alpha value is -0.770. The van der Waals surface area contributed by atoms with Gasteiger partial charge in [-0.2, -0.15) is 0 Å². The number of thioether (sulfide) groups is 1. The van der Waals surface area contributed by atoms with Crippen molar-refractivity contribution in [3.8, 4) is 0 Å². The number of allylic oxidation sites excluding steroid dienone is 1. The van der Waals surface area contributed by atoms with Crippen molar-refractivity contribution in [2.45, 2.75) is 38.0 Å². The lowest BCUT2D eigenvalue weighted by atomic mass is 10.2. The molecule has 4 heteroatoms. The van der Waals surface area contributed by atoms with Gasteiger partial charge in [-0.3, -0.25) is 9.59 Å². The molecule has 0 aromatic rings. The van der Waals surface area contributed by atoms with E-state index in [0.29, 0.717) is 12.8 Å². The average Bonchev–Trinajstić information content (AvgIpc) is 2.46. The van der Waals surface area contributed by atoms with Gasteiger partial charge >= 0.3 is 5.97 Å². The summed E-state index contributed by atoms with van der Waals surface area (Å²) in [6.45, 7) is 3.63. The van der Waals surface area contributed by atoms with Gasteiger partial charge in [0.1, 0.15) is 0 Å². The first-order valence-corrected chi connectivity index (χ1v) is 5.59. The molecule has 0 aromatic heterocycles. The molecule has 78 valence electrons. The Labute approximate surface area is 87.9 Å². The monoisotopic (exact) mass is 214 g/mol. The van der Waals surface area contributed by atoms with Crippen molar-refractivity contribution < 1.29 is 14.3 Å². The number of carbonyl (C=O) groups is 2. The molecule has 1 heterocycles. The van der Waals surface area contributed by atoms with Crippen LogP contribution in [0.5, 0.6) is 0 Å². The highest BCUT2D eigenvalue weighted by molar-refractivity contribution is 8.03. The van der Waals surface area contributed by atoms with E-state index < -0.39 is 0 Å². The van der Waals surface area contributed by atoms with Crippen molar-refractivity contribution in [3.63, 3.8) is 0 Å². The topological polar surface area (TPSA) is 43.4 Å². The van der Waals surface area contributed by atoms with E-state index in [4.69, 9.17) is 4.74 Å². The summed E-state index contributed by atoms with van der Waals surface area (Å²) in [5.74, 6) is -0.118. The van der Waals surface area contributed by atoms with Crippen LogP contribution in [0.25, 0.3) is 0 Å². The Bertz CT molecular complexity index is 258. The Balaban J connectivity index is 2.20. The molecule has 1 aliphatic rings. The van der Waals surface area contributed by atoms with Gasteiger partial charge in [0.2, 0.25) is 0 Å². The van der Waals surface area contributed by atoms with Gasteiger partial charge in [-0.05, 0) is 31.8 Å². The molecule has 3 nitrogen and oxygen atoms in total. The lowest BCUT2D eigenvalue weighted by Gasteiger charge is -2.09. The zero-order valence-corrected chi connectivity index (χ0v) is 9.17. The third-order valence-corrected chi connectivity index (χ3v) is 2.86. The molecule has 0 saturated heterocycles. The molecule has 0 aromatic carbocycles. The summed E-state index contributed by atoms with van der Waals surface area (Å²) in [5, 5.41) is 1.70. The maximum Gasteiger partial charge on any atom is 0.306 e. The van der Waals surface area contributed by atoms with E-state index in [1.807, 2.05) is 13.8 Å². The van der Waals surface area contributed by atoms with Crippen molar-refractivity contribution in [3.05, 3.63) is 11.5 Å². The summed E-state index contributed by atoms with van der Waals surface area (Å²) in [6.07, 6.45) is 2.38. The fourth-order valence-electron chi connectivity index (χ4n) is 1.16. The van der Waals surface area contributed by atoms with Gasteiger partial charge in [0.05, 0.1) is 11.4 Å². The number of esters is 1. The minimum Gasteiger partial charge on any atom is -0.463 e. The number of ketones is 1. The number of hydrogen-bond acceptors (Lipinski definition) is 4. The Morgan fingerprint density at radius 2 is 2.36 bits per heavy atom. The highest BCUT2D eigenvalue weighted by atomic mass is 32.2. The van der Waals surface area contributed by atoms with Gasteiger partial charge in [0.25, 0.3) is 0 Å². The SMILES string of the molecule is CC(C)OC(=O)CCC1SC=CC1=O. The van der Waals surface area contributed by atoms with Crippen LogP contribution in [0, 0.1) is 0 Å². The van der Waals surface area contributed by atoms with Crippen molar-refractivity contribution >= 4 is 23.5 Å². The van der Waals surface area contributed by atoms with Crippen LogP contribution < -0.4 is 0 Å². The average molecular weight is 214 g/mol. The first-order valence-electron chi connectivity index (χ1n) is 4.65. The van der Waals surface area contributed by atoms with Crippen molar-refractivity contribution in [1.29, 1.82) is 0 Å². The minimum absolute atomic E-state index is 0.0743. The lowest BCUT2D eigenvalue weighted by Crippen LogP contribution is -2.16. The van der Waals surface area contributed by atoms with Gasteiger partial charge in [0.15, 0.2) is 5.78 Å². The van der Waals surface area contributed by atoms with Crippen LogP contribution in [-0.2, 0) is 14.3 Å². The van der Waals surface area contributed by atoms with Crippen LogP contribution in [0.15, 0.2) is 11.5 Å². The predicted molar refractivity (Wildman–Crippen MR) is 56.0 cm³/mol. The molecule has 0 amide bonds. The first-order chi connectivity index (χ1) is 6.59. The molecule has 14 heavy (non-hydrogen) atoms. The summed E-state index contributed by atoms with van der Waals surface area (Å²) in [5.41, 5.74) is 0. The maximum absolute atomic E-state index is 11.2. The van der Waals surface area contributed by atoms with E-state index in [-0.39, 0.29) is 23.1 Å². The van der Waals surface area contributed by atoms with Gasteiger partial charge in [0, 0.05) is 6.42 Å². The standard InChI is InChI=1S/C10H14O3S/c1-7(2)13-10(12)4-3-9-8(11)5-6-14-9/h5-7,9H,3-4H2,1-2H3. The van der Waals surface area contributed by atoms with Crippen molar-refractivity contribution in [2.75, 3.05) is 0 Å². The van der Waals surface area contributed by atoms with E-state index >= 15 is 0 Å².